The van der Waals surface area contributed by atoms with Crippen LogP contribution in [0.15, 0.2) is 21.7 Å². The molecule has 1 aromatic heterocycles. The second-order valence-corrected chi connectivity index (χ2v) is 7.89. The molecule has 1 aliphatic heterocycles. The van der Waals surface area contributed by atoms with Crippen LogP contribution in [0.1, 0.15) is 49.3 Å². The normalized spacial score (nSPS) is 29.0. The highest BCUT2D eigenvalue weighted by molar-refractivity contribution is 5.81. The number of hydrogen-bond donors (Lipinski definition) is 1. The Hall–Kier alpha value is -2.37. The number of carbonyl (C=O) groups excluding carboxylic acids is 1. The van der Waals surface area contributed by atoms with Gasteiger partial charge in [-0.25, -0.2) is 0 Å². The largest absolute Gasteiger partial charge is 0.469 e. The van der Waals surface area contributed by atoms with Crippen LogP contribution >= 0.6 is 0 Å². The number of rotatable bonds is 3. The van der Waals surface area contributed by atoms with Gasteiger partial charge in [-0.05, 0) is 60.6 Å². The van der Waals surface area contributed by atoms with Crippen LogP contribution in [0, 0.1) is 5.92 Å². The Morgan fingerprint density at radius 2 is 2.08 bits per heavy atom. The molecule has 3 aliphatic carbocycles. The van der Waals surface area contributed by atoms with Gasteiger partial charge in [0.15, 0.2) is 0 Å². The summed E-state index contributed by atoms with van der Waals surface area (Å²) < 4.78 is 6.28. The van der Waals surface area contributed by atoms with E-state index in [1.807, 2.05) is 6.07 Å². The fourth-order valence-electron chi connectivity index (χ4n) is 5.06. The van der Waals surface area contributed by atoms with Gasteiger partial charge in [-0.2, -0.15) is 0 Å². The Labute approximate surface area is 143 Å². The van der Waals surface area contributed by atoms with Crippen LogP contribution in [0.3, 0.4) is 0 Å². The van der Waals surface area contributed by atoms with Crippen molar-refractivity contribution in [2.24, 2.45) is 5.92 Å². The van der Waals surface area contributed by atoms with Gasteiger partial charge in [-0.1, -0.05) is 6.07 Å². The number of nitrogens with zero attached hydrogens (tertiary/aromatic N) is 1. The Kier molecular flexibility index (Phi) is 2.89. The Bertz CT molecular complexity index is 1020. The van der Waals surface area contributed by atoms with E-state index in [9.17, 15) is 14.4 Å². The SMILES string of the molecule is COC(=O)CC1CCc2cc(C34CC(C3)C4)cc3[nH]c(=O)c(=O)n1c23. The molecule has 1 N–H and O–H groups in total. The maximum atomic E-state index is 12.5. The molecule has 0 radical (unpaired) electrons. The number of aromatic nitrogens is 2. The lowest BCUT2D eigenvalue weighted by Crippen LogP contribution is -2.55. The van der Waals surface area contributed by atoms with Gasteiger partial charge in [-0.15, -0.1) is 0 Å². The number of hydrogen-bond acceptors (Lipinski definition) is 4. The summed E-state index contributed by atoms with van der Waals surface area (Å²) in [5, 5.41) is 0. The van der Waals surface area contributed by atoms with Crippen molar-refractivity contribution in [2.75, 3.05) is 7.11 Å². The summed E-state index contributed by atoms with van der Waals surface area (Å²) in [6.45, 7) is 0. The lowest BCUT2D eigenvalue weighted by molar-refractivity contribution is -0.141. The summed E-state index contributed by atoms with van der Waals surface area (Å²) in [4.78, 5) is 39.2. The van der Waals surface area contributed by atoms with Crippen LogP contribution in [-0.2, 0) is 21.4 Å². The number of aromatic amines is 1. The molecular weight excluding hydrogens is 320 g/mol. The molecule has 6 heteroatoms. The van der Waals surface area contributed by atoms with Crippen molar-refractivity contribution in [3.63, 3.8) is 0 Å². The summed E-state index contributed by atoms with van der Waals surface area (Å²) in [5.41, 5.74) is 2.99. The fraction of sp³-hybridized carbons (Fsp3) is 0.526. The molecule has 130 valence electrons. The lowest BCUT2D eigenvalue weighted by atomic mass is 9.42. The maximum absolute atomic E-state index is 12.5. The number of carbonyl (C=O) groups is 1. The molecule has 0 spiro atoms. The van der Waals surface area contributed by atoms with Gasteiger partial charge in [0.05, 0.1) is 24.6 Å². The quantitative estimate of drug-likeness (QED) is 0.682. The molecule has 4 aliphatic rings. The van der Waals surface area contributed by atoms with E-state index in [2.05, 4.69) is 11.1 Å². The Balaban J connectivity index is 1.72. The highest BCUT2D eigenvalue weighted by atomic mass is 16.5. The number of esters is 1. The molecule has 0 saturated heterocycles. The van der Waals surface area contributed by atoms with E-state index in [1.165, 1.54) is 36.5 Å². The van der Waals surface area contributed by atoms with Gasteiger partial charge in [0, 0.05) is 6.04 Å². The Morgan fingerprint density at radius 3 is 2.72 bits per heavy atom. The van der Waals surface area contributed by atoms with Crippen molar-refractivity contribution in [1.82, 2.24) is 9.55 Å². The fourth-order valence-corrected chi connectivity index (χ4v) is 5.06. The van der Waals surface area contributed by atoms with Crippen LogP contribution in [0.2, 0.25) is 0 Å². The van der Waals surface area contributed by atoms with Crippen molar-refractivity contribution in [3.8, 4) is 0 Å². The molecule has 2 bridgehead atoms. The number of H-pyrrole nitrogens is 1. The van der Waals surface area contributed by atoms with Crippen molar-refractivity contribution in [2.45, 2.75) is 50.0 Å². The Morgan fingerprint density at radius 1 is 1.32 bits per heavy atom. The molecule has 1 atom stereocenters. The molecule has 25 heavy (non-hydrogen) atoms. The van der Waals surface area contributed by atoms with E-state index in [0.29, 0.717) is 11.8 Å². The predicted molar refractivity (Wildman–Crippen MR) is 91.8 cm³/mol. The van der Waals surface area contributed by atoms with Gasteiger partial charge in [0.1, 0.15) is 0 Å². The van der Waals surface area contributed by atoms with Crippen LogP contribution in [0.4, 0.5) is 0 Å². The molecule has 6 rings (SSSR count). The van der Waals surface area contributed by atoms with E-state index in [1.54, 1.807) is 0 Å². The first-order valence-electron chi connectivity index (χ1n) is 8.89. The second kappa shape index (κ2) is 4.84. The number of benzene rings is 1. The highest BCUT2D eigenvalue weighted by Gasteiger charge is 2.57. The molecule has 2 heterocycles. The zero-order valence-corrected chi connectivity index (χ0v) is 14.1. The summed E-state index contributed by atoms with van der Waals surface area (Å²) in [7, 11) is 1.34. The van der Waals surface area contributed by atoms with Crippen LogP contribution in [0.5, 0.6) is 0 Å². The third-order valence-electron chi connectivity index (χ3n) is 6.48. The van der Waals surface area contributed by atoms with Crippen LogP contribution in [-0.4, -0.2) is 22.6 Å². The number of aryl methyl sites for hydroxylation is 1. The minimum Gasteiger partial charge on any atom is -0.469 e. The number of methoxy groups -OCH3 is 1. The highest BCUT2D eigenvalue weighted by Crippen LogP contribution is 2.65. The van der Waals surface area contributed by atoms with E-state index in [4.69, 9.17) is 4.74 Å². The summed E-state index contributed by atoms with van der Waals surface area (Å²) >= 11 is 0. The van der Waals surface area contributed by atoms with Crippen molar-refractivity contribution < 1.29 is 9.53 Å². The van der Waals surface area contributed by atoms with Gasteiger partial charge in [-0.3, -0.25) is 19.0 Å². The van der Waals surface area contributed by atoms with Crippen molar-refractivity contribution >= 4 is 17.0 Å². The molecule has 3 saturated carbocycles. The third-order valence-corrected chi connectivity index (χ3v) is 6.48. The zero-order valence-electron chi connectivity index (χ0n) is 14.1. The molecule has 1 unspecified atom stereocenters. The van der Waals surface area contributed by atoms with Crippen LogP contribution in [0.25, 0.3) is 11.0 Å². The summed E-state index contributed by atoms with van der Waals surface area (Å²) in [6.07, 6.45) is 5.31. The van der Waals surface area contributed by atoms with Gasteiger partial charge < -0.3 is 9.72 Å². The van der Waals surface area contributed by atoms with Gasteiger partial charge >= 0.3 is 17.1 Å². The molecule has 2 aromatic rings. The molecular formula is C19H20N2O4. The first-order valence-corrected chi connectivity index (χ1v) is 8.89. The number of ether oxygens (including phenoxy) is 1. The molecule has 6 nitrogen and oxygen atoms in total. The maximum Gasteiger partial charge on any atom is 0.317 e. The van der Waals surface area contributed by atoms with E-state index in [0.717, 1.165) is 28.9 Å². The minimum absolute atomic E-state index is 0.113. The molecule has 3 fully saturated rings. The summed E-state index contributed by atoms with van der Waals surface area (Å²) in [6, 6.07) is 3.95. The average molecular weight is 340 g/mol. The van der Waals surface area contributed by atoms with E-state index in [-0.39, 0.29) is 18.4 Å². The summed E-state index contributed by atoms with van der Waals surface area (Å²) in [5.74, 6) is 0.517. The topological polar surface area (TPSA) is 81.2 Å². The van der Waals surface area contributed by atoms with Crippen molar-refractivity contribution in [1.29, 1.82) is 0 Å². The minimum atomic E-state index is -0.620. The monoisotopic (exact) mass is 340 g/mol. The lowest BCUT2D eigenvalue weighted by Gasteiger charge is -2.62. The van der Waals surface area contributed by atoms with Crippen molar-refractivity contribution in [3.05, 3.63) is 44.0 Å². The second-order valence-electron chi connectivity index (χ2n) is 7.89. The standard InChI is InChI=1S/C19H20N2O4/c1-25-15(22)6-13-3-2-11-4-12(19-7-10(8-19)9-19)5-14-16(11)21(13)18(24)17(23)20-14/h4-5,10,13H,2-3,6-9H2,1H3,(H,20,23). The van der Waals surface area contributed by atoms with Gasteiger partial charge in [0.25, 0.3) is 0 Å². The molecule has 1 aromatic carbocycles. The first-order chi connectivity index (χ1) is 12.0. The van der Waals surface area contributed by atoms with Gasteiger partial charge in [0.2, 0.25) is 0 Å². The predicted octanol–water partition coefficient (Wildman–Crippen LogP) is 1.79. The van der Waals surface area contributed by atoms with E-state index < -0.39 is 11.1 Å². The third kappa shape index (κ3) is 1.94. The average Bonchev–Trinajstić information content (AvgIpc) is 2.50. The van der Waals surface area contributed by atoms with Crippen LogP contribution < -0.4 is 11.1 Å². The number of nitrogens with one attached hydrogen (secondary N) is 1. The zero-order chi connectivity index (χ0) is 17.3. The smallest absolute Gasteiger partial charge is 0.317 e. The van der Waals surface area contributed by atoms with E-state index >= 15 is 0 Å². The molecule has 0 amide bonds. The first kappa shape index (κ1) is 14.9.